The summed E-state index contributed by atoms with van der Waals surface area (Å²) in [7, 11) is 0. The number of imide groups is 1. The quantitative estimate of drug-likeness (QED) is 0.606. The first-order chi connectivity index (χ1) is 11.5. The van der Waals surface area contributed by atoms with Crippen LogP contribution in [0.3, 0.4) is 0 Å². The van der Waals surface area contributed by atoms with Crippen molar-refractivity contribution in [2.75, 3.05) is 5.75 Å². The minimum absolute atomic E-state index is 0.146. The Labute approximate surface area is 143 Å². The summed E-state index contributed by atoms with van der Waals surface area (Å²) in [6.45, 7) is 1.65. The van der Waals surface area contributed by atoms with Gasteiger partial charge in [0.2, 0.25) is 11.8 Å². The lowest BCUT2D eigenvalue weighted by atomic mass is 10.2. The fourth-order valence-corrected chi connectivity index (χ4v) is 2.96. The maximum Gasteiger partial charge on any atom is 0.264 e. The zero-order valence-corrected chi connectivity index (χ0v) is 13.8. The predicted octanol–water partition coefficient (Wildman–Crippen LogP) is 0.0810. The second kappa shape index (κ2) is 8.30. The van der Waals surface area contributed by atoms with Gasteiger partial charge in [0.15, 0.2) is 0 Å². The first kappa shape index (κ1) is 17.7. The molecule has 1 aromatic rings. The first-order valence-electron chi connectivity index (χ1n) is 7.24. The van der Waals surface area contributed by atoms with Crippen LogP contribution in [-0.4, -0.2) is 35.4 Å². The van der Waals surface area contributed by atoms with Gasteiger partial charge in [-0.3, -0.25) is 24.5 Å². The third-order valence-electron chi connectivity index (χ3n) is 3.13. The van der Waals surface area contributed by atoms with Crippen LogP contribution in [0.1, 0.15) is 12.5 Å². The molecule has 1 heterocycles. The van der Waals surface area contributed by atoms with E-state index in [1.165, 1.54) is 13.0 Å². The second-order valence-electron chi connectivity index (χ2n) is 5.09. The van der Waals surface area contributed by atoms with Crippen LogP contribution in [0.4, 0.5) is 0 Å². The smallest absolute Gasteiger partial charge is 0.264 e. The number of nitrogens with one attached hydrogen (secondary N) is 3. The highest BCUT2D eigenvalue weighted by Gasteiger charge is 2.25. The fraction of sp³-hybridized carbons (Fsp3) is 0.250. The lowest BCUT2D eigenvalue weighted by molar-refractivity contribution is -0.127. The summed E-state index contributed by atoms with van der Waals surface area (Å²) in [5.41, 5.74) is 0.934. The van der Waals surface area contributed by atoms with Crippen molar-refractivity contribution >= 4 is 35.4 Å². The van der Waals surface area contributed by atoms with Gasteiger partial charge in [-0.05, 0) is 5.56 Å². The van der Waals surface area contributed by atoms with Gasteiger partial charge in [0.25, 0.3) is 11.8 Å². The Hall–Kier alpha value is -2.61. The van der Waals surface area contributed by atoms with Crippen LogP contribution in [-0.2, 0) is 25.7 Å². The van der Waals surface area contributed by atoms with Crippen LogP contribution >= 0.6 is 11.8 Å². The molecule has 8 heteroatoms. The highest BCUT2D eigenvalue weighted by Crippen LogP contribution is 2.20. The van der Waals surface area contributed by atoms with Crippen molar-refractivity contribution in [3.8, 4) is 0 Å². The Balaban J connectivity index is 1.93. The molecule has 1 aliphatic heterocycles. The summed E-state index contributed by atoms with van der Waals surface area (Å²) in [6.07, 6.45) is 1.18. The zero-order valence-electron chi connectivity index (χ0n) is 13.0. The summed E-state index contributed by atoms with van der Waals surface area (Å²) in [5, 5.41) is 7.42. The summed E-state index contributed by atoms with van der Waals surface area (Å²) in [4.78, 5) is 46.4. The largest absolute Gasteiger partial charge is 0.350 e. The van der Waals surface area contributed by atoms with Gasteiger partial charge in [-0.2, -0.15) is 0 Å². The molecule has 1 atom stereocenters. The molecule has 0 radical (unpaired) electrons. The van der Waals surface area contributed by atoms with E-state index < -0.39 is 17.9 Å². The normalized spacial score (nSPS) is 14.6. The number of carbonyl (C=O) groups excluding carboxylic acids is 4. The zero-order chi connectivity index (χ0) is 17.5. The highest BCUT2D eigenvalue weighted by atomic mass is 32.2. The van der Waals surface area contributed by atoms with E-state index in [1.807, 2.05) is 30.3 Å². The molecule has 0 aromatic heterocycles. The first-order valence-corrected chi connectivity index (χ1v) is 8.23. The molecule has 1 aliphatic rings. The standard InChI is InChI=1S/C16H17N3O4S/c1-10(20)18-12(9-24-13-7-14(21)19-16(13)23)15(22)17-8-11-5-3-2-4-6-11/h2-7,12H,8-9H2,1H3,(H,17,22)(H,18,20)(H,19,21,23)/t12-/m0/s1. The monoisotopic (exact) mass is 347 g/mol. The van der Waals surface area contributed by atoms with Crippen LogP contribution in [0.25, 0.3) is 0 Å². The molecular formula is C16H17N3O4S. The molecule has 2 rings (SSSR count). The minimum atomic E-state index is -0.805. The Bertz CT molecular complexity index is 688. The molecule has 0 bridgehead atoms. The van der Waals surface area contributed by atoms with E-state index in [0.29, 0.717) is 6.54 Å². The molecule has 3 N–H and O–H groups in total. The molecule has 4 amide bonds. The molecule has 7 nitrogen and oxygen atoms in total. The van der Waals surface area contributed by atoms with E-state index in [2.05, 4.69) is 16.0 Å². The van der Waals surface area contributed by atoms with Crippen molar-refractivity contribution in [2.45, 2.75) is 19.5 Å². The molecule has 0 spiro atoms. The summed E-state index contributed by atoms with van der Waals surface area (Å²) in [5.74, 6) is -1.53. The van der Waals surface area contributed by atoms with Gasteiger partial charge in [0, 0.05) is 25.3 Å². The summed E-state index contributed by atoms with van der Waals surface area (Å²) < 4.78 is 0. The van der Waals surface area contributed by atoms with Crippen molar-refractivity contribution in [3.63, 3.8) is 0 Å². The van der Waals surface area contributed by atoms with E-state index in [-0.39, 0.29) is 22.5 Å². The van der Waals surface area contributed by atoms with Gasteiger partial charge in [0.1, 0.15) is 6.04 Å². The maximum atomic E-state index is 12.3. The Morgan fingerprint density at radius 2 is 1.92 bits per heavy atom. The Morgan fingerprint density at radius 3 is 2.50 bits per heavy atom. The minimum Gasteiger partial charge on any atom is -0.350 e. The predicted molar refractivity (Wildman–Crippen MR) is 89.6 cm³/mol. The maximum absolute atomic E-state index is 12.3. The highest BCUT2D eigenvalue weighted by molar-refractivity contribution is 8.04. The van der Waals surface area contributed by atoms with Gasteiger partial charge in [-0.1, -0.05) is 30.3 Å². The lowest BCUT2D eigenvalue weighted by Crippen LogP contribution is -2.47. The second-order valence-corrected chi connectivity index (χ2v) is 6.16. The van der Waals surface area contributed by atoms with Gasteiger partial charge in [-0.25, -0.2) is 0 Å². The number of carbonyl (C=O) groups is 4. The van der Waals surface area contributed by atoms with Crippen molar-refractivity contribution < 1.29 is 19.2 Å². The van der Waals surface area contributed by atoms with Crippen molar-refractivity contribution in [3.05, 3.63) is 46.9 Å². The van der Waals surface area contributed by atoms with Gasteiger partial charge in [-0.15, -0.1) is 11.8 Å². The molecule has 24 heavy (non-hydrogen) atoms. The van der Waals surface area contributed by atoms with Gasteiger partial charge in [0.05, 0.1) is 4.91 Å². The number of rotatable bonds is 7. The average molecular weight is 347 g/mol. The molecule has 1 aromatic carbocycles. The fourth-order valence-electron chi connectivity index (χ4n) is 2.01. The SMILES string of the molecule is CC(=O)N[C@@H](CSC1=CC(=O)NC1=O)C(=O)NCc1ccccc1. The van der Waals surface area contributed by atoms with E-state index in [4.69, 9.17) is 0 Å². The van der Waals surface area contributed by atoms with Crippen molar-refractivity contribution in [1.82, 2.24) is 16.0 Å². The number of thioether (sulfide) groups is 1. The number of hydrogen-bond acceptors (Lipinski definition) is 5. The van der Waals surface area contributed by atoms with E-state index in [9.17, 15) is 19.2 Å². The van der Waals surface area contributed by atoms with Gasteiger partial charge < -0.3 is 10.6 Å². The van der Waals surface area contributed by atoms with Crippen LogP contribution in [0.15, 0.2) is 41.3 Å². The van der Waals surface area contributed by atoms with Crippen molar-refractivity contribution in [1.29, 1.82) is 0 Å². The third-order valence-corrected chi connectivity index (χ3v) is 4.25. The summed E-state index contributed by atoms with van der Waals surface area (Å²) >= 11 is 1.05. The summed E-state index contributed by atoms with van der Waals surface area (Å²) in [6, 6.07) is 8.56. The van der Waals surface area contributed by atoms with E-state index >= 15 is 0 Å². The van der Waals surface area contributed by atoms with E-state index in [1.54, 1.807) is 0 Å². The molecule has 0 fully saturated rings. The molecular weight excluding hydrogens is 330 g/mol. The third kappa shape index (κ3) is 5.24. The van der Waals surface area contributed by atoms with Crippen molar-refractivity contribution in [2.24, 2.45) is 0 Å². The lowest BCUT2D eigenvalue weighted by Gasteiger charge is -2.17. The van der Waals surface area contributed by atoms with Crippen LogP contribution in [0.2, 0.25) is 0 Å². The topological polar surface area (TPSA) is 104 Å². The van der Waals surface area contributed by atoms with Crippen LogP contribution in [0, 0.1) is 0 Å². The Kier molecular flexibility index (Phi) is 6.14. The molecule has 0 saturated heterocycles. The van der Waals surface area contributed by atoms with Crippen LogP contribution < -0.4 is 16.0 Å². The van der Waals surface area contributed by atoms with Crippen LogP contribution in [0.5, 0.6) is 0 Å². The van der Waals surface area contributed by atoms with Gasteiger partial charge >= 0.3 is 0 Å². The number of benzene rings is 1. The molecule has 0 aliphatic carbocycles. The Morgan fingerprint density at radius 1 is 1.21 bits per heavy atom. The number of hydrogen-bond donors (Lipinski definition) is 3. The molecule has 0 saturated carbocycles. The van der Waals surface area contributed by atoms with E-state index in [0.717, 1.165) is 17.3 Å². The molecule has 0 unspecified atom stereocenters. The molecule has 126 valence electrons. The number of amides is 4. The average Bonchev–Trinajstić information content (AvgIpc) is 2.87.